The number of allylic oxidation sites excluding steroid dienone is 1. The maximum Gasteiger partial charge on any atom is 0.313 e. The van der Waals surface area contributed by atoms with Crippen molar-refractivity contribution in [2.45, 2.75) is 39.2 Å². The van der Waals surface area contributed by atoms with Crippen molar-refractivity contribution in [2.75, 3.05) is 11.9 Å². The SMILES string of the molecule is C=C1CC2COC(=O)C2(Cc2ccc(NC(=O)Cn3ccnc3CC)cc2)C1. The van der Waals surface area contributed by atoms with Crippen molar-refractivity contribution in [1.29, 1.82) is 0 Å². The highest BCUT2D eigenvalue weighted by atomic mass is 16.5. The van der Waals surface area contributed by atoms with Crippen LogP contribution in [-0.4, -0.2) is 28.0 Å². The summed E-state index contributed by atoms with van der Waals surface area (Å²) in [6.45, 7) is 6.84. The summed E-state index contributed by atoms with van der Waals surface area (Å²) in [4.78, 5) is 29.0. The summed E-state index contributed by atoms with van der Waals surface area (Å²) >= 11 is 0. The minimum Gasteiger partial charge on any atom is -0.465 e. The van der Waals surface area contributed by atoms with Gasteiger partial charge in [0.15, 0.2) is 0 Å². The van der Waals surface area contributed by atoms with Gasteiger partial charge in [-0.1, -0.05) is 31.2 Å². The molecule has 1 aromatic carbocycles. The Hall–Kier alpha value is -2.89. The van der Waals surface area contributed by atoms with Gasteiger partial charge in [0.2, 0.25) is 5.91 Å². The Kier molecular flexibility index (Phi) is 4.79. The third kappa shape index (κ3) is 3.35. The minimum atomic E-state index is -0.459. The average Bonchev–Trinajstić information content (AvgIpc) is 3.32. The molecule has 2 heterocycles. The molecule has 1 aliphatic heterocycles. The molecule has 2 fully saturated rings. The number of cyclic esters (lactones) is 1. The van der Waals surface area contributed by atoms with Crippen LogP contribution in [0.25, 0.3) is 0 Å². The minimum absolute atomic E-state index is 0.0921. The van der Waals surface area contributed by atoms with Crippen molar-refractivity contribution in [3.63, 3.8) is 0 Å². The molecule has 6 nitrogen and oxygen atoms in total. The van der Waals surface area contributed by atoms with Crippen LogP contribution in [0.3, 0.4) is 0 Å². The number of anilines is 1. The number of amides is 1. The number of fused-ring (bicyclic) bond motifs is 1. The molecule has 1 aromatic heterocycles. The van der Waals surface area contributed by atoms with E-state index in [4.69, 9.17) is 4.74 Å². The van der Waals surface area contributed by atoms with E-state index in [0.29, 0.717) is 19.4 Å². The lowest BCUT2D eigenvalue weighted by Gasteiger charge is -2.24. The van der Waals surface area contributed by atoms with Crippen molar-refractivity contribution < 1.29 is 14.3 Å². The summed E-state index contributed by atoms with van der Waals surface area (Å²) in [5, 5.41) is 2.92. The largest absolute Gasteiger partial charge is 0.465 e. The Bertz CT molecular complexity index is 915. The van der Waals surface area contributed by atoms with Gasteiger partial charge in [0.1, 0.15) is 12.4 Å². The predicted molar refractivity (Wildman–Crippen MR) is 106 cm³/mol. The number of benzene rings is 1. The van der Waals surface area contributed by atoms with Crippen molar-refractivity contribution in [3.8, 4) is 0 Å². The molecule has 2 unspecified atom stereocenters. The van der Waals surface area contributed by atoms with Crippen molar-refractivity contribution in [2.24, 2.45) is 11.3 Å². The second-order valence-electron chi connectivity index (χ2n) is 7.83. The van der Waals surface area contributed by atoms with Gasteiger partial charge in [-0.25, -0.2) is 4.98 Å². The summed E-state index contributed by atoms with van der Waals surface area (Å²) < 4.78 is 7.19. The topological polar surface area (TPSA) is 73.2 Å². The van der Waals surface area contributed by atoms with Crippen LogP contribution < -0.4 is 5.32 Å². The summed E-state index contributed by atoms with van der Waals surface area (Å²) in [5.41, 5.74) is 2.49. The van der Waals surface area contributed by atoms with Gasteiger partial charge < -0.3 is 14.6 Å². The molecular weight excluding hydrogens is 354 g/mol. The molecule has 146 valence electrons. The lowest BCUT2D eigenvalue weighted by Crippen LogP contribution is -2.31. The Morgan fingerprint density at radius 2 is 2.18 bits per heavy atom. The van der Waals surface area contributed by atoms with Gasteiger partial charge >= 0.3 is 5.97 Å². The number of esters is 1. The average molecular weight is 379 g/mol. The molecular formula is C22H25N3O3. The van der Waals surface area contributed by atoms with Gasteiger partial charge in [0.05, 0.1) is 12.0 Å². The van der Waals surface area contributed by atoms with E-state index in [1.54, 1.807) is 6.20 Å². The van der Waals surface area contributed by atoms with E-state index in [1.165, 1.54) is 0 Å². The quantitative estimate of drug-likeness (QED) is 0.618. The van der Waals surface area contributed by atoms with Crippen molar-refractivity contribution in [1.82, 2.24) is 9.55 Å². The molecule has 1 saturated carbocycles. The standard InChI is InChI=1S/C22H25N3O3/c1-3-19-23-8-9-25(19)13-20(26)24-18-6-4-16(5-7-18)12-22-11-15(2)10-17(22)14-28-21(22)27/h4-9,17H,2-3,10-14H2,1H3,(H,24,26). The number of carbonyl (C=O) groups excluding carboxylic acids is 2. The molecule has 1 N–H and O–H groups in total. The number of hydrogen-bond donors (Lipinski definition) is 1. The molecule has 0 radical (unpaired) electrons. The lowest BCUT2D eigenvalue weighted by molar-refractivity contribution is -0.146. The number of ether oxygens (including phenoxy) is 1. The van der Waals surface area contributed by atoms with E-state index in [9.17, 15) is 9.59 Å². The third-order valence-electron chi connectivity index (χ3n) is 5.89. The summed E-state index contributed by atoms with van der Waals surface area (Å²) in [5.74, 6) is 0.932. The molecule has 2 aliphatic rings. The van der Waals surface area contributed by atoms with Gasteiger partial charge in [-0.2, -0.15) is 0 Å². The van der Waals surface area contributed by atoms with Crippen LogP contribution in [0.2, 0.25) is 0 Å². The summed E-state index contributed by atoms with van der Waals surface area (Å²) in [7, 11) is 0. The molecule has 1 saturated heterocycles. The molecule has 0 spiro atoms. The van der Waals surface area contributed by atoms with E-state index in [2.05, 4.69) is 16.9 Å². The second kappa shape index (κ2) is 7.26. The zero-order chi connectivity index (χ0) is 19.7. The number of imidazole rings is 1. The summed E-state index contributed by atoms with van der Waals surface area (Å²) in [6, 6.07) is 7.72. The fourth-order valence-electron chi connectivity index (χ4n) is 4.49. The van der Waals surface area contributed by atoms with Crippen LogP contribution in [-0.2, 0) is 33.7 Å². The predicted octanol–water partition coefficient (Wildman–Crippen LogP) is 3.14. The van der Waals surface area contributed by atoms with Crippen LogP contribution in [0.1, 0.15) is 31.2 Å². The lowest BCUT2D eigenvalue weighted by atomic mass is 9.75. The van der Waals surface area contributed by atoms with Crippen molar-refractivity contribution >= 4 is 17.6 Å². The Balaban J connectivity index is 1.41. The molecule has 1 aliphatic carbocycles. The number of carbonyl (C=O) groups is 2. The van der Waals surface area contributed by atoms with Crippen LogP contribution in [0.15, 0.2) is 48.8 Å². The Labute approximate surface area is 164 Å². The first-order chi connectivity index (χ1) is 13.5. The monoisotopic (exact) mass is 379 g/mol. The van der Waals surface area contributed by atoms with Crippen LogP contribution in [0.4, 0.5) is 5.69 Å². The summed E-state index contributed by atoms with van der Waals surface area (Å²) in [6.07, 6.45) is 6.53. The van der Waals surface area contributed by atoms with Crippen molar-refractivity contribution in [3.05, 3.63) is 60.2 Å². The number of rotatable bonds is 6. The van der Waals surface area contributed by atoms with Gasteiger partial charge in [-0.3, -0.25) is 9.59 Å². The molecule has 0 bridgehead atoms. The molecule has 1 amide bonds. The van der Waals surface area contributed by atoms with E-state index in [0.717, 1.165) is 35.5 Å². The van der Waals surface area contributed by atoms with E-state index in [1.807, 2.05) is 42.0 Å². The van der Waals surface area contributed by atoms with Gasteiger partial charge in [-0.05, 0) is 37.0 Å². The zero-order valence-corrected chi connectivity index (χ0v) is 16.1. The highest BCUT2D eigenvalue weighted by molar-refractivity contribution is 5.90. The maximum absolute atomic E-state index is 12.4. The molecule has 6 heteroatoms. The maximum atomic E-state index is 12.4. The highest BCUT2D eigenvalue weighted by Crippen LogP contribution is 2.52. The number of aryl methyl sites for hydroxylation is 1. The fourth-order valence-corrected chi connectivity index (χ4v) is 4.49. The number of aromatic nitrogens is 2. The van der Waals surface area contributed by atoms with E-state index in [-0.39, 0.29) is 24.3 Å². The molecule has 2 aromatic rings. The Morgan fingerprint density at radius 1 is 1.39 bits per heavy atom. The van der Waals surface area contributed by atoms with Crippen LogP contribution >= 0.6 is 0 Å². The smallest absolute Gasteiger partial charge is 0.313 e. The second-order valence-corrected chi connectivity index (χ2v) is 7.83. The number of nitrogens with one attached hydrogen (secondary N) is 1. The third-order valence-corrected chi connectivity index (χ3v) is 5.89. The van der Waals surface area contributed by atoms with E-state index < -0.39 is 5.41 Å². The normalized spacial score (nSPS) is 23.5. The number of hydrogen-bond acceptors (Lipinski definition) is 4. The highest BCUT2D eigenvalue weighted by Gasteiger charge is 2.55. The van der Waals surface area contributed by atoms with Gasteiger partial charge in [-0.15, -0.1) is 0 Å². The first-order valence-electron chi connectivity index (χ1n) is 9.73. The molecule has 2 atom stereocenters. The molecule has 28 heavy (non-hydrogen) atoms. The number of nitrogens with zero attached hydrogens (tertiary/aromatic N) is 2. The Morgan fingerprint density at radius 3 is 2.93 bits per heavy atom. The van der Waals surface area contributed by atoms with Crippen LogP contribution in [0.5, 0.6) is 0 Å². The fraction of sp³-hybridized carbons (Fsp3) is 0.409. The zero-order valence-electron chi connectivity index (χ0n) is 16.1. The van der Waals surface area contributed by atoms with Gasteiger partial charge in [0, 0.05) is 30.4 Å². The first kappa shape index (κ1) is 18.5. The van der Waals surface area contributed by atoms with E-state index >= 15 is 0 Å². The van der Waals surface area contributed by atoms with Gasteiger partial charge in [0.25, 0.3) is 0 Å². The van der Waals surface area contributed by atoms with Crippen LogP contribution in [0, 0.1) is 11.3 Å². The molecule has 4 rings (SSSR count). The first-order valence-corrected chi connectivity index (χ1v) is 9.73.